The van der Waals surface area contributed by atoms with Gasteiger partial charge in [0.15, 0.2) is 0 Å². The number of nitrogens with one attached hydrogen (secondary N) is 9. The summed E-state index contributed by atoms with van der Waals surface area (Å²) in [5.74, 6) is -0.800. The number of amidine groups is 1. The number of alkyl halides is 3. The van der Waals surface area contributed by atoms with Gasteiger partial charge in [-0.3, -0.25) is 39.1 Å². The average molecular weight is 1300 g/mol. The van der Waals surface area contributed by atoms with Crippen molar-refractivity contribution < 1.29 is 60.9 Å². The van der Waals surface area contributed by atoms with E-state index in [2.05, 4.69) is 57.7 Å². The van der Waals surface area contributed by atoms with Crippen molar-refractivity contribution in [2.24, 2.45) is 23.0 Å². The molecule has 3 aromatic carbocycles. The van der Waals surface area contributed by atoms with Gasteiger partial charge in [-0.25, -0.2) is 14.8 Å². The van der Waals surface area contributed by atoms with E-state index in [1.54, 1.807) is 48.7 Å². The molecule has 0 bridgehead atoms. The topological polar surface area (TPSA) is 352 Å². The number of imidazole rings is 1. The molecule has 0 spiro atoms. The molecule has 5 aromatic rings. The molecule has 30 heteroatoms. The molecular weight excluding hydrogens is 1220 g/mol. The fraction of sp³-hybridized carbons (Fsp3) is 0.484. The van der Waals surface area contributed by atoms with Crippen LogP contribution in [0.3, 0.4) is 0 Å². The number of urea groups is 1. The zero-order valence-electron chi connectivity index (χ0n) is 51.1. The molecule has 0 aliphatic carbocycles. The fourth-order valence-electron chi connectivity index (χ4n) is 10.3. The smallest absolute Gasteiger partial charge is 0.384 e. The van der Waals surface area contributed by atoms with E-state index in [4.69, 9.17) is 30.3 Å². The third-order valence-electron chi connectivity index (χ3n) is 15.5. The van der Waals surface area contributed by atoms with Crippen LogP contribution in [0.25, 0.3) is 11.0 Å². The summed E-state index contributed by atoms with van der Waals surface area (Å²) in [5, 5.41) is 37.4. The van der Waals surface area contributed by atoms with Crippen LogP contribution in [-0.2, 0) is 52.6 Å². The average Bonchev–Trinajstić information content (AvgIpc) is 1.59. The molecule has 494 valence electrons. The van der Waals surface area contributed by atoms with Crippen molar-refractivity contribution in [3.63, 3.8) is 0 Å². The molecule has 0 radical (unpaired) electrons. The Morgan fingerprint density at radius 2 is 1.39 bits per heavy atom. The molecule has 8 rings (SSSR count). The first-order valence-electron chi connectivity index (χ1n) is 30.7. The number of amides is 8. The SMILES string of the molecule is Cn1c(CNc2ccc(C(=N)N)cc2)nc2cc(C(=O)N(CCC(=O)NCCCCNC(=O)C[C@H](NC(=O)c3ccc(C4(C(F)(F)F)N=N4)cc3)C(=O)NCCCOCCOCCOCCCNC(=O)CCCC[C@@H]3SC[C@@H]4NC(=O)N[C@@H]43)c3ccccn3)ccc21. The Morgan fingerprint density at radius 1 is 0.761 bits per heavy atom. The van der Waals surface area contributed by atoms with Crippen LogP contribution in [0.4, 0.5) is 29.5 Å². The molecule has 0 unspecified atom stereocenters. The number of anilines is 2. The predicted molar refractivity (Wildman–Crippen MR) is 338 cm³/mol. The molecule has 11 N–H and O–H groups in total. The molecule has 2 aromatic heterocycles. The van der Waals surface area contributed by atoms with E-state index in [0.29, 0.717) is 99.3 Å². The maximum absolute atomic E-state index is 14.1. The van der Waals surface area contributed by atoms with Gasteiger partial charge in [0, 0.05) is 111 Å². The summed E-state index contributed by atoms with van der Waals surface area (Å²) in [6, 6.07) is 20.9. The lowest BCUT2D eigenvalue weighted by molar-refractivity contribution is -0.166. The van der Waals surface area contributed by atoms with E-state index in [-0.39, 0.29) is 98.6 Å². The number of halogens is 3. The minimum atomic E-state index is -4.77. The minimum absolute atomic E-state index is 0.00786. The number of carbonyl (C=O) groups is 7. The highest BCUT2D eigenvalue weighted by molar-refractivity contribution is 8.00. The number of nitrogens with zero attached hydrogens (tertiary/aromatic N) is 6. The first-order chi connectivity index (χ1) is 44.4. The maximum atomic E-state index is 14.1. The number of thioether (sulfide) groups is 1. The van der Waals surface area contributed by atoms with Crippen molar-refractivity contribution >= 4 is 81.6 Å². The zero-order chi connectivity index (χ0) is 65.5. The van der Waals surface area contributed by atoms with Gasteiger partial charge in [-0.15, -0.1) is 10.2 Å². The van der Waals surface area contributed by atoms with E-state index in [9.17, 15) is 46.7 Å². The van der Waals surface area contributed by atoms with Crippen LogP contribution in [0, 0.1) is 5.41 Å². The lowest BCUT2D eigenvalue weighted by Gasteiger charge is -2.21. The van der Waals surface area contributed by atoms with Crippen molar-refractivity contribution in [1.82, 2.24) is 51.8 Å². The molecule has 0 saturated carbocycles. The van der Waals surface area contributed by atoms with Crippen molar-refractivity contribution in [2.45, 2.75) is 106 Å². The quantitative estimate of drug-likeness (QED) is 0.0106. The Bertz CT molecular complexity index is 3360. The first kappa shape index (κ1) is 69.2. The Hall–Kier alpha value is -8.74. The number of unbranched alkanes of at least 4 members (excludes halogenated alkanes) is 2. The number of aromatic nitrogens is 3. The Balaban J connectivity index is 0.702. The molecule has 3 aliphatic heterocycles. The zero-order valence-corrected chi connectivity index (χ0v) is 51.9. The fourth-order valence-corrected chi connectivity index (χ4v) is 11.9. The van der Waals surface area contributed by atoms with Crippen LogP contribution in [0.5, 0.6) is 0 Å². The largest absolute Gasteiger partial charge is 0.442 e. The van der Waals surface area contributed by atoms with Gasteiger partial charge in [-0.05, 0) is 105 Å². The highest BCUT2D eigenvalue weighted by Crippen LogP contribution is 2.52. The summed E-state index contributed by atoms with van der Waals surface area (Å²) in [7, 11) is 1.88. The number of fused-ring (bicyclic) bond motifs is 2. The van der Waals surface area contributed by atoms with E-state index in [1.165, 1.54) is 4.90 Å². The summed E-state index contributed by atoms with van der Waals surface area (Å²) in [6.07, 6.45) is 1.30. The second-order valence-electron chi connectivity index (χ2n) is 22.2. The van der Waals surface area contributed by atoms with Gasteiger partial charge >= 0.3 is 17.9 Å². The lowest BCUT2D eigenvalue weighted by atomic mass is 10.0. The van der Waals surface area contributed by atoms with Gasteiger partial charge in [-0.1, -0.05) is 24.6 Å². The van der Waals surface area contributed by atoms with Crippen molar-refractivity contribution in [3.05, 3.63) is 119 Å². The number of benzene rings is 3. The van der Waals surface area contributed by atoms with Gasteiger partial charge in [0.05, 0.1) is 62.5 Å². The summed E-state index contributed by atoms with van der Waals surface area (Å²) in [5.41, 5.74) is 5.72. The normalized spacial score (nSPS) is 16.4. The van der Waals surface area contributed by atoms with Gasteiger partial charge in [0.1, 0.15) is 23.5 Å². The van der Waals surface area contributed by atoms with E-state index in [0.717, 1.165) is 66.3 Å². The summed E-state index contributed by atoms with van der Waals surface area (Å²) >= 11 is 1.87. The standard InChI is InChI=1S/C62H79F3N16O10S/c1-80-48-22-17-42(36-45(48)74-51(80)38-73-44-20-15-40(16-21-44)56(66)67)59(87)81(50-11-4-5-24-68-50)29-23-53(83)69-25-6-7-26-71-54(84)37-46(75-57(85)41-13-18-43(19-14-41)61(78-79-61)62(63,64)65)58(86)72-28-9-31-90-33-35-91-34-32-89-30-8-27-70-52(82)12-3-2-10-49-55-47(39-92-49)76-60(88)77-55/h4-5,11,13-22,24,36,46-47,49,55,73H,2-3,6-10,12,23,25-35,37-39H2,1H3,(H3,66,67)(H,69,83)(H,70,82)(H,71,84)(H,72,86)(H,75,85)(H2,76,77,88)/t46-,47-,49-,55-/m0/s1. The monoisotopic (exact) mass is 1300 g/mol. The van der Waals surface area contributed by atoms with Crippen LogP contribution in [0.15, 0.2) is 101 Å². The van der Waals surface area contributed by atoms with E-state index < -0.39 is 42.0 Å². The summed E-state index contributed by atoms with van der Waals surface area (Å²) in [6.45, 7) is 3.42. The third-order valence-corrected chi connectivity index (χ3v) is 17.0. The highest BCUT2D eigenvalue weighted by atomic mass is 32.2. The number of hydrogen-bond donors (Lipinski definition) is 10. The minimum Gasteiger partial charge on any atom is -0.384 e. The Kier molecular flexibility index (Phi) is 25.6. The number of aryl methyl sites for hydroxylation is 1. The molecule has 5 heterocycles. The van der Waals surface area contributed by atoms with Crippen LogP contribution in [0.2, 0.25) is 0 Å². The second kappa shape index (κ2) is 34.1. The third kappa shape index (κ3) is 20.1. The number of ether oxygens (including phenoxy) is 3. The Morgan fingerprint density at radius 3 is 2.04 bits per heavy atom. The molecule has 8 amide bonds. The predicted octanol–water partition coefficient (Wildman–Crippen LogP) is 5.07. The lowest BCUT2D eigenvalue weighted by Crippen LogP contribution is -2.49. The molecule has 3 aliphatic rings. The van der Waals surface area contributed by atoms with Gasteiger partial charge in [-0.2, -0.15) is 24.9 Å². The number of nitrogens with two attached hydrogens (primary N) is 1. The van der Waals surface area contributed by atoms with Gasteiger partial charge in [0.2, 0.25) is 23.6 Å². The van der Waals surface area contributed by atoms with Crippen molar-refractivity contribution in [2.75, 3.05) is 88.3 Å². The van der Waals surface area contributed by atoms with Gasteiger partial charge in [0.25, 0.3) is 11.8 Å². The van der Waals surface area contributed by atoms with Crippen molar-refractivity contribution in [1.29, 1.82) is 5.41 Å². The van der Waals surface area contributed by atoms with Gasteiger partial charge < -0.3 is 67.0 Å². The van der Waals surface area contributed by atoms with E-state index in [1.807, 2.05) is 41.6 Å². The number of pyridine rings is 1. The van der Waals surface area contributed by atoms with E-state index >= 15 is 0 Å². The Labute approximate surface area is 534 Å². The van der Waals surface area contributed by atoms with Crippen LogP contribution < -0.4 is 53.2 Å². The van der Waals surface area contributed by atoms with Crippen LogP contribution in [0.1, 0.15) is 102 Å². The molecule has 26 nitrogen and oxygen atoms in total. The molecular formula is C62H79F3N16O10S. The molecule has 2 fully saturated rings. The maximum Gasteiger partial charge on any atom is 0.442 e. The molecule has 2 saturated heterocycles. The van der Waals surface area contributed by atoms with Crippen molar-refractivity contribution in [3.8, 4) is 0 Å². The molecule has 92 heavy (non-hydrogen) atoms. The second-order valence-corrected chi connectivity index (χ2v) is 23.4. The number of rotatable bonds is 39. The highest BCUT2D eigenvalue weighted by Gasteiger charge is 2.65. The van der Waals surface area contributed by atoms with Crippen LogP contribution >= 0.6 is 11.8 Å². The summed E-state index contributed by atoms with van der Waals surface area (Å²) in [4.78, 5) is 102. The number of carbonyl (C=O) groups excluding carboxylic acids is 7. The summed E-state index contributed by atoms with van der Waals surface area (Å²) < 4.78 is 59.6. The number of hydrogen-bond acceptors (Lipinski definition) is 17. The number of nitrogen functional groups attached to an aromatic ring is 1. The first-order valence-corrected chi connectivity index (χ1v) is 31.7. The molecule has 4 atom stereocenters. The van der Waals surface area contributed by atoms with Crippen LogP contribution in [-0.4, -0.2) is 170 Å².